The highest BCUT2D eigenvalue weighted by Gasteiger charge is 2.40. The van der Waals surface area contributed by atoms with Crippen LogP contribution in [0.25, 0.3) is 0 Å². The first-order valence-corrected chi connectivity index (χ1v) is 6.63. The number of carbonyl (C=O) groups excluding carboxylic acids is 1. The molecule has 2 atom stereocenters. The highest BCUT2D eigenvalue weighted by molar-refractivity contribution is 5.83. The van der Waals surface area contributed by atoms with Crippen LogP contribution in [0.2, 0.25) is 0 Å². The van der Waals surface area contributed by atoms with Crippen LogP contribution >= 0.6 is 0 Å². The van der Waals surface area contributed by atoms with Crippen LogP contribution in [0.1, 0.15) is 46.0 Å². The second kappa shape index (κ2) is 6.66. The fourth-order valence-corrected chi connectivity index (χ4v) is 2.52. The first-order valence-electron chi connectivity index (χ1n) is 6.63. The molecular formula is C14H24N2O. The molecule has 96 valence electrons. The van der Waals surface area contributed by atoms with Crippen molar-refractivity contribution in [1.29, 1.82) is 0 Å². The van der Waals surface area contributed by atoms with Crippen molar-refractivity contribution in [2.75, 3.05) is 13.1 Å². The maximum atomic E-state index is 12.4. The largest absolute Gasteiger partial charge is 0.352 e. The van der Waals surface area contributed by atoms with E-state index >= 15 is 0 Å². The van der Waals surface area contributed by atoms with Crippen molar-refractivity contribution >= 4 is 5.91 Å². The molecule has 1 amide bonds. The predicted octanol–water partition coefficient (Wildman–Crippen LogP) is 1.68. The predicted molar refractivity (Wildman–Crippen MR) is 70.5 cm³/mol. The Hall–Kier alpha value is -1.01. The van der Waals surface area contributed by atoms with Crippen molar-refractivity contribution in [2.24, 2.45) is 5.41 Å². The first-order chi connectivity index (χ1) is 8.18. The van der Waals surface area contributed by atoms with E-state index in [2.05, 4.69) is 30.4 Å². The summed E-state index contributed by atoms with van der Waals surface area (Å²) in [6, 6.07) is 0.127. The molecule has 0 radical (unpaired) electrons. The van der Waals surface area contributed by atoms with Crippen LogP contribution < -0.4 is 10.6 Å². The summed E-state index contributed by atoms with van der Waals surface area (Å²) in [5.41, 5.74) is -0.198. The SMILES string of the molecule is C#CCC(CC)NC(=O)C1(CCC)CCNC1. The highest BCUT2D eigenvalue weighted by Crippen LogP contribution is 2.31. The quantitative estimate of drug-likeness (QED) is 0.689. The van der Waals surface area contributed by atoms with Gasteiger partial charge in [-0.15, -0.1) is 12.3 Å². The number of terminal acetylenes is 1. The van der Waals surface area contributed by atoms with Gasteiger partial charge in [0.05, 0.1) is 5.41 Å². The molecule has 1 heterocycles. The van der Waals surface area contributed by atoms with E-state index in [9.17, 15) is 4.79 Å². The van der Waals surface area contributed by atoms with Gasteiger partial charge in [0.25, 0.3) is 0 Å². The third-order valence-electron chi connectivity index (χ3n) is 3.65. The van der Waals surface area contributed by atoms with E-state index < -0.39 is 0 Å². The summed E-state index contributed by atoms with van der Waals surface area (Å²) in [5, 5.41) is 6.41. The topological polar surface area (TPSA) is 41.1 Å². The van der Waals surface area contributed by atoms with Gasteiger partial charge in [-0.25, -0.2) is 0 Å². The molecule has 3 nitrogen and oxygen atoms in total. The average Bonchev–Trinajstić information content (AvgIpc) is 2.78. The number of rotatable bonds is 6. The Kier molecular flexibility index (Phi) is 5.50. The van der Waals surface area contributed by atoms with Gasteiger partial charge < -0.3 is 10.6 Å². The van der Waals surface area contributed by atoms with Gasteiger partial charge in [-0.2, -0.15) is 0 Å². The van der Waals surface area contributed by atoms with Gasteiger partial charge in [-0.1, -0.05) is 20.3 Å². The zero-order chi connectivity index (χ0) is 12.7. The molecule has 17 heavy (non-hydrogen) atoms. The molecule has 0 aliphatic carbocycles. The van der Waals surface area contributed by atoms with Gasteiger partial charge in [0.15, 0.2) is 0 Å². The Labute approximate surface area is 105 Å². The molecule has 0 aromatic rings. The Morgan fingerprint density at radius 1 is 1.59 bits per heavy atom. The molecule has 0 saturated carbocycles. The number of nitrogens with one attached hydrogen (secondary N) is 2. The molecule has 0 bridgehead atoms. The van der Waals surface area contributed by atoms with E-state index in [4.69, 9.17) is 6.42 Å². The van der Waals surface area contributed by atoms with Crippen molar-refractivity contribution in [3.05, 3.63) is 0 Å². The van der Waals surface area contributed by atoms with Gasteiger partial charge in [-0.3, -0.25) is 4.79 Å². The lowest BCUT2D eigenvalue weighted by atomic mass is 9.81. The maximum absolute atomic E-state index is 12.4. The van der Waals surface area contributed by atoms with Crippen LogP contribution in [-0.2, 0) is 4.79 Å². The van der Waals surface area contributed by atoms with Crippen molar-refractivity contribution < 1.29 is 4.79 Å². The van der Waals surface area contributed by atoms with Gasteiger partial charge in [0, 0.05) is 19.0 Å². The fourth-order valence-electron chi connectivity index (χ4n) is 2.52. The summed E-state index contributed by atoms with van der Waals surface area (Å²) in [6.07, 6.45) is 9.77. The molecule has 2 unspecified atom stereocenters. The Bertz CT molecular complexity index is 287. The minimum absolute atomic E-state index is 0.127. The number of hydrogen-bond donors (Lipinski definition) is 2. The molecule has 3 heteroatoms. The lowest BCUT2D eigenvalue weighted by molar-refractivity contribution is -0.131. The summed E-state index contributed by atoms with van der Waals surface area (Å²) in [4.78, 5) is 12.4. The third-order valence-corrected chi connectivity index (χ3v) is 3.65. The van der Waals surface area contributed by atoms with E-state index in [0.717, 1.165) is 38.8 Å². The van der Waals surface area contributed by atoms with Crippen LogP contribution in [0.4, 0.5) is 0 Å². The average molecular weight is 236 g/mol. The minimum Gasteiger partial charge on any atom is -0.352 e. The summed E-state index contributed by atoms with van der Waals surface area (Å²) >= 11 is 0. The van der Waals surface area contributed by atoms with Crippen molar-refractivity contribution in [3.63, 3.8) is 0 Å². The van der Waals surface area contributed by atoms with E-state index in [1.807, 2.05) is 0 Å². The van der Waals surface area contributed by atoms with Gasteiger partial charge in [0.2, 0.25) is 5.91 Å². The van der Waals surface area contributed by atoms with Gasteiger partial charge in [-0.05, 0) is 25.8 Å². The molecule has 1 fully saturated rings. The van der Waals surface area contributed by atoms with Gasteiger partial charge in [0.1, 0.15) is 0 Å². The van der Waals surface area contributed by atoms with E-state index in [-0.39, 0.29) is 17.4 Å². The summed E-state index contributed by atoms with van der Waals surface area (Å²) in [5.74, 6) is 2.82. The number of hydrogen-bond acceptors (Lipinski definition) is 2. The number of carbonyl (C=O) groups is 1. The Morgan fingerprint density at radius 2 is 2.35 bits per heavy atom. The van der Waals surface area contributed by atoms with Crippen LogP contribution in [0.3, 0.4) is 0 Å². The fraction of sp³-hybridized carbons (Fsp3) is 0.786. The summed E-state index contributed by atoms with van der Waals surface area (Å²) in [7, 11) is 0. The maximum Gasteiger partial charge on any atom is 0.227 e. The summed E-state index contributed by atoms with van der Waals surface area (Å²) in [6.45, 7) is 5.94. The molecule has 2 N–H and O–H groups in total. The number of amides is 1. The normalized spacial score (nSPS) is 25.2. The molecule has 1 saturated heterocycles. The highest BCUT2D eigenvalue weighted by atomic mass is 16.2. The second-order valence-corrected chi connectivity index (χ2v) is 4.94. The first kappa shape index (κ1) is 14.1. The molecule has 1 aliphatic heterocycles. The zero-order valence-corrected chi connectivity index (χ0v) is 11.0. The minimum atomic E-state index is -0.198. The third kappa shape index (κ3) is 3.47. The van der Waals surface area contributed by atoms with E-state index in [0.29, 0.717) is 6.42 Å². The van der Waals surface area contributed by atoms with E-state index in [1.165, 1.54) is 0 Å². The molecule has 0 spiro atoms. The van der Waals surface area contributed by atoms with Crippen molar-refractivity contribution in [3.8, 4) is 12.3 Å². The summed E-state index contributed by atoms with van der Waals surface area (Å²) < 4.78 is 0. The lowest BCUT2D eigenvalue weighted by Gasteiger charge is -2.28. The Morgan fingerprint density at radius 3 is 2.82 bits per heavy atom. The zero-order valence-electron chi connectivity index (χ0n) is 11.0. The van der Waals surface area contributed by atoms with Crippen LogP contribution in [0.5, 0.6) is 0 Å². The van der Waals surface area contributed by atoms with Crippen molar-refractivity contribution in [1.82, 2.24) is 10.6 Å². The molecule has 0 aromatic heterocycles. The molecule has 1 rings (SSSR count). The van der Waals surface area contributed by atoms with Gasteiger partial charge >= 0.3 is 0 Å². The molecule has 1 aliphatic rings. The second-order valence-electron chi connectivity index (χ2n) is 4.94. The smallest absolute Gasteiger partial charge is 0.227 e. The van der Waals surface area contributed by atoms with Crippen LogP contribution in [0, 0.1) is 17.8 Å². The monoisotopic (exact) mass is 236 g/mol. The molecule has 0 aromatic carbocycles. The Balaban J connectivity index is 2.62. The van der Waals surface area contributed by atoms with Crippen LogP contribution in [0.15, 0.2) is 0 Å². The van der Waals surface area contributed by atoms with Crippen molar-refractivity contribution in [2.45, 2.75) is 52.0 Å². The lowest BCUT2D eigenvalue weighted by Crippen LogP contribution is -2.46. The molecular weight excluding hydrogens is 212 g/mol. The van der Waals surface area contributed by atoms with Crippen LogP contribution in [-0.4, -0.2) is 25.0 Å². The van der Waals surface area contributed by atoms with E-state index in [1.54, 1.807) is 0 Å². The standard InChI is InChI=1S/C14H24N2O/c1-4-7-12(6-3)16-13(17)14(8-5-2)9-10-15-11-14/h1,12,15H,5-11H2,2-3H3,(H,16,17).